The number of carbonyl (C=O) groups is 1. The summed E-state index contributed by atoms with van der Waals surface area (Å²) in [5.41, 5.74) is -0.834. The van der Waals surface area contributed by atoms with Gasteiger partial charge in [0, 0.05) is 7.05 Å². The van der Waals surface area contributed by atoms with E-state index in [0.717, 1.165) is 16.8 Å². The van der Waals surface area contributed by atoms with Crippen molar-refractivity contribution in [3.8, 4) is 28.8 Å². The van der Waals surface area contributed by atoms with Crippen molar-refractivity contribution >= 4 is 16.0 Å². The van der Waals surface area contributed by atoms with E-state index in [-0.39, 0.29) is 33.6 Å². The molecule has 3 heterocycles. The molecule has 3 aromatic carbocycles. The van der Waals surface area contributed by atoms with Crippen LogP contribution >= 0.6 is 0 Å². The van der Waals surface area contributed by atoms with E-state index in [2.05, 4.69) is 21.5 Å². The van der Waals surface area contributed by atoms with Crippen LogP contribution < -0.4 is 10.9 Å². The first-order chi connectivity index (χ1) is 26.7. The lowest BCUT2D eigenvalue weighted by Gasteiger charge is -2.22. The molecule has 3 aromatic heterocycles. The number of nitriles is 1. The van der Waals surface area contributed by atoms with Crippen LogP contribution in [0.1, 0.15) is 53.0 Å². The van der Waals surface area contributed by atoms with Crippen LogP contribution in [0.3, 0.4) is 0 Å². The van der Waals surface area contributed by atoms with Gasteiger partial charge in [-0.3, -0.25) is 14.3 Å². The number of alkyl halides is 3. The minimum atomic E-state index is -4.66. The van der Waals surface area contributed by atoms with Gasteiger partial charge in [-0.15, -0.1) is 0 Å². The minimum Gasteiger partial charge on any atom is -0.744 e. The lowest BCUT2D eigenvalue weighted by molar-refractivity contribution is -0.884. The number of rotatable bonds is 10. The Morgan fingerprint density at radius 1 is 1.00 bits per heavy atom. The van der Waals surface area contributed by atoms with E-state index >= 15 is 0 Å². The van der Waals surface area contributed by atoms with Gasteiger partial charge in [-0.1, -0.05) is 38.1 Å². The van der Waals surface area contributed by atoms with Gasteiger partial charge in [0.05, 0.1) is 72.7 Å². The number of quaternary nitrogens is 1. The summed E-state index contributed by atoms with van der Waals surface area (Å²) in [6, 6.07) is 20.9. The smallest absolute Gasteiger partial charge is 0.416 e. The van der Waals surface area contributed by atoms with Crippen molar-refractivity contribution in [2.24, 2.45) is 13.0 Å². The molecule has 0 unspecified atom stereocenters. The maximum atomic E-state index is 14.2. The Balaban J connectivity index is 0.000000540. The molecule has 0 bridgehead atoms. The number of carbonyl (C=O) groups excluding carboxylic acids is 1. The Bertz CT molecular complexity index is 2580. The van der Waals surface area contributed by atoms with Crippen molar-refractivity contribution in [2.45, 2.75) is 37.5 Å². The molecule has 1 amide bonds. The van der Waals surface area contributed by atoms with Crippen LogP contribution in [0.2, 0.25) is 0 Å². The Hall–Kier alpha value is -6.29. The number of aromatic nitrogens is 5. The Labute approximate surface area is 326 Å². The van der Waals surface area contributed by atoms with E-state index in [1.54, 1.807) is 42.6 Å². The standard InChI is InChI=1S/C33H33F3N8O3.C6H6O3S/c1-20(2)28(31-38-18-25(47-31)19-44(4,5)6)40-30(45)27-29(26-14-15-39-42(26)23-12-10-21(17-37)11-13-23)41(3)43(32(27)46)24-9-7-8-22(16-24)33(34,35)36;7-10(8,9)6-4-2-1-3-5-6/h7-16,18,20,28H,19H2,1-6H3;1-5H,(H,7,8,9)/t28-;/m0./s1. The van der Waals surface area contributed by atoms with Crippen molar-refractivity contribution in [3.05, 3.63) is 136 Å². The van der Waals surface area contributed by atoms with Gasteiger partial charge >= 0.3 is 6.18 Å². The summed E-state index contributed by atoms with van der Waals surface area (Å²) >= 11 is 0. The van der Waals surface area contributed by atoms with E-state index < -0.39 is 39.4 Å². The highest BCUT2D eigenvalue weighted by Gasteiger charge is 2.34. The molecule has 0 aliphatic rings. The molecule has 298 valence electrons. The molecular formula is C39H39F3N8O6S. The Morgan fingerprint density at radius 3 is 2.23 bits per heavy atom. The normalized spacial score (nSPS) is 12.5. The highest BCUT2D eigenvalue weighted by Crippen LogP contribution is 2.32. The van der Waals surface area contributed by atoms with Crippen molar-refractivity contribution in [1.29, 1.82) is 5.26 Å². The van der Waals surface area contributed by atoms with Crippen molar-refractivity contribution < 1.29 is 39.8 Å². The monoisotopic (exact) mass is 804 g/mol. The van der Waals surface area contributed by atoms with Gasteiger partial charge in [-0.05, 0) is 66.6 Å². The fraction of sp³-hybridized carbons (Fsp3) is 0.256. The fourth-order valence-corrected chi connectivity index (χ4v) is 6.39. The lowest BCUT2D eigenvalue weighted by atomic mass is 10.0. The molecule has 0 fully saturated rings. The van der Waals surface area contributed by atoms with Crippen molar-refractivity contribution in [2.75, 3.05) is 21.1 Å². The summed E-state index contributed by atoms with van der Waals surface area (Å²) in [7, 11) is 3.22. The second kappa shape index (κ2) is 16.4. The van der Waals surface area contributed by atoms with E-state index in [9.17, 15) is 41.0 Å². The number of amides is 1. The molecule has 0 saturated carbocycles. The Morgan fingerprint density at radius 2 is 1.67 bits per heavy atom. The minimum absolute atomic E-state index is 0.0879. The molecular weight excluding hydrogens is 766 g/mol. The van der Waals surface area contributed by atoms with Gasteiger partial charge in [0.25, 0.3) is 11.5 Å². The van der Waals surface area contributed by atoms with Crippen LogP contribution in [0.25, 0.3) is 22.8 Å². The topological polar surface area (TPSA) is 181 Å². The molecule has 14 nitrogen and oxygen atoms in total. The van der Waals surface area contributed by atoms with Crippen molar-refractivity contribution in [1.82, 2.24) is 29.4 Å². The summed E-state index contributed by atoms with van der Waals surface area (Å²) in [5, 5.41) is 16.5. The van der Waals surface area contributed by atoms with Crippen LogP contribution in [-0.2, 0) is 29.9 Å². The van der Waals surface area contributed by atoms with Crippen LogP contribution in [0, 0.1) is 17.2 Å². The molecule has 1 N–H and O–H groups in total. The second-order valence-electron chi connectivity index (χ2n) is 14.3. The van der Waals surface area contributed by atoms with Gasteiger partial charge in [0.15, 0.2) is 5.76 Å². The first-order valence-electron chi connectivity index (χ1n) is 17.3. The summed E-state index contributed by atoms with van der Waals surface area (Å²) in [6.45, 7) is 4.28. The second-order valence-corrected chi connectivity index (χ2v) is 15.7. The van der Waals surface area contributed by atoms with E-state index in [1.807, 2.05) is 35.0 Å². The molecule has 0 aliphatic heterocycles. The molecule has 0 spiro atoms. The lowest BCUT2D eigenvalue weighted by Crippen LogP contribution is -2.35. The maximum absolute atomic E-state index is 14.2. The summed E-state index contributed by atoms with van der Waals surface area (Å²) in [6.07, 6.45) is -1.58. The number of halogens is 3. The number of hydrogen-bond donors (Lipinski definition) is 1. The number of nitrogens with one attached hydrogen (secondary N) is 1. The third-order valence-corrected chi connectivity index (χ3v) is 9.34. The number of oxazole rings is 1. The molecule has 18 heteroatoms. The summed E-state index contributed by atoms with van der Waals surface area (Å²) in [5.74, 6) is -0.110. The molecule has 0 saturated heterocycles. The summed E-state index contributed by atoms with van der Waals surface area (Å²) < 4.78 is 82.3. The molecule has 0 radical (unpaired) electrons. The third kappa shape index (κ3) is 9.75. The zero-order valence-corrected chi connectivity index (χ0v) is 32.5. The van der Waals surface area contributed by atoms with Gasteiger partial charge in [0.1, 0.15) is 34.0 Å². The average molecular weight is 805 g/mol. The average Bonchev–Trinajstić information content (AvgIpc) is 3.87. The highest BCUT2D eigenvalue weighted by atomic mass is 32.2. The fourth-order valence-electron chi connectivity index (χ4n) is 5.89. The van der Waals surface area contributed by atoms with Crippen LogP contribution in [0.15, 0.2) is 111 Å². The van der Waals surface area contributed by atoms with Gasteiger partial charge in [-0.2, -0.15) is 23.5 Å². The largest absolute Gasteiger partial charge is 0.744 e. The van der Waals surface area contributed by atoms with E-state index in [1.165, 1.54) is 59.0 Å². The number of nitrogens with zero attached hydrogens (tertiary/aromatic N) is 7. The third-order valence-electron chi connectivity index (χ3n) is 8.49. The van der Waals surface area contributed by atoms with Gasteiger partial charge < -0.3 is 18.8 Å². The first-order valence-corrected chi connectivity index (χ1v) is 18.7. The zero-order valence-electron chi connectivity index (χ0n) is 31.7. The van der Waals surface area contributed by atoms with Gasteiger partial charge in [-0.25, -0.2) is 22.8 Å². The van der Waals surface area contributed by atoms with Gasteiger partial charge in [0.2, 0.25) is 5.89 Å². The summed E-state index contributed by atoms with van der Waals surface area (Å²) in [4.78, 5) is 32.6. The van der Waals surface area contributed by atoms with E-state index in [4.69, 9.17) is 4.42 Å². The maximum Gasteiger partial charge on any atom is 0.416 e. The highest BCUT2D eigenvalue weighted by molar-refractivity contribution is 7.85. The van der Waals surface area contributed by atoms with Crippen LogP contribution in [0.4, 0.5) is 13.2 Å². The molecule has 57 heavy (non-hydrogen) atoms. The predicted molar refractivity (Wildman–Crippen MR) is 201 cm³/mol. The molecule has 1 atom stereocenters. The SMILES string of the molecule is CC(C)[C@H](NC(=O)c1c(-c2ccnn2-c2ccc(C#N)cc2)n(C)n(-c2cccc(C(F)(F)F)c2)c1=O)c1ncc(C[N+](C)(C)C)o1.O=S(=O)([O-])c1ccccc1. The predicted octanol–water partition coefficient (Wildman–Crippen LogP) is 5.83. The van der Waals surface area contributed by atoms with Crippen LogP contribution in [-0.4, -0.2) is 68.6 Å². The molecule has 6 rings (SSSR count). The first kappa shape index (κ1) is 41.9. The Kier molecular flexibility index (Phi) is 12.1. The number of hydrogen-bond acceptors (Lipinski definition) is 9. The van der Waals surface area contributed by atoms with Crippen LogP contribution in [0.5, 0.6) is 0 Å². The molecule has 0 aliphatic carbocycles. The number of benzene rings is 3. The van der Waals surface area contributed by atoms with E-state index in [0.29, 0.717) is 33.7 Å². The molecule has 6 aromatic rings. The van der Waals surface area contributed by atoms with Crippen molar-refractivity contribution in [3.63, 3.8) is 0 Å². The quantitative estimate of drug-likeness (QED) is 0.132. The zero-order chi connectivity index (χ0) is 41.9.